The number of sulfone groups is 1. The third kappa shape index (κ3) is 4.41. The second-order valence-electron chi connectivity index (χ2n) is 3.65. The van der Waals surface area contributed by atoms with Gasteiger partial charge in [-0.2, -0.15) is 0 Å². The van der Waals surface area contributed by atoms with E-state index in [0.717, 1.165) is 32.1 Å². The fourth-order valence-corrected chi connectivity index (χ4v) is 2.99. The summed E-state index contributed by atoms with van der Waals surface area (Å²) in [5.41, 5.74) is 0. The Morgan fingerprint density at radius 1 is 0.923 bits per heavy atom. The molecule has 0 amide bonds. The number of carbonyl (C=O) groups excluding carboxylic acids is 1. The van der Waals surface area contributed by atoms with Gasteiger partial charge in [-0.3, -0.25) is 4.79 Å². The first-order chi connectivity index (χ1) is 6.10. The maximum absolute atomic E-state index is 11.3. The van der Waals surface area contributed by atoms with Gasteiger partial charge in [-0.1, -0.05) is 19.3 Å². The Balaban J connectivity index is 2.55. The van der Waals surface area contributed by atoms with Gasteiger partial charge in [0.25, 0.3) is 0 Å². The number of rotatable bonds is 0. The average molecular weight is 204 g/mol. The summed E-state index contributed by atoms with van der Waals surface area (Å²) in [5, 5.41) is 0. The molecule has 1 aliphatic heterocycles. The summed E-state index contributed by atoms with van der Waals surface area (Å²) in [7, 11) is -3.08. The van der Waals surface area contributed by atoms with E-state index >= 15 is 0 Å². The Kier molecular flexibility index (Phi) is 3.90. The van der Waals surface area contributed by atoms with E-state index in [1.165, 1.54) is 0 Å². The molecule has 0 aliphatic carbocycles. The zero-order valence-corrected chi connectivity index (χ0v) is 8.61. The van der Waals surface area contributed by atoms with Gasteiger partial charge >= 0.3 is 0 Å². The van der Waals surface area contributed by atoms with Crippen LogP contribution in [0.25, 0.3) is 0 Å². The quantitative estimate of drug-likeness (QED) is 0.598. The Hall–Kier alpha value is -0.380. The first-order valence-electron chi connectivity index (χ1n) is 4.82. The van der Waals surface area contributed by atoms with Gasteiger partial charge in [0.1, 0.15) is 11.5 Å². The lowest BCUT2D eigenvalue weighted by Crippen LogP contribution is -2.19. The lowest BCUT2D eigenvalue weighted by atomic mass is 10.1. The predicted molar refractivity (Wildman–Crippen MR) is 51.4 cm³/mol. The molecule has 1 saturated heterocycles. The molecule has 1 aliphatic rings. The van der Waals surface area contributed by atoms with Crippen LogP contribution >= 0.6 is 0 Å². The maximum atomic E-state index is 11.3. The van der Waals surface area contributed by atoms with Crippen molar-refractivity contribution in [3.05, 3.63) is 0 Å². The number of hydrogen-bond acceptors (Lipinski definition) is 3. The molecule has 0 aromatic carbocycles. The Morgan fingerprint density at radius 2 is 1.54 bits per heavy atom. The first-order valence-corrected chi connectivity index (χ1v) is 6.64. The zero-order valence-electron chi connectivity index (χ0n) is 7.79. The highest BCUT2D eigenvalue weighted by atomic mass is 32.2. The van der Waals surface area contributed by atoms with Gasteiger partial charge < -0.3 is 0 Å². The van der Waals surface area contributed by atoms with Crippen molar-refractivity contribution in [1.29, 1.82) is 0 Å². The third-order valence-electron chi connectivity index (χ3n) is 2.29. The van der Waals surface area contributed by atoms with E-state index in [2.05, 4.69) is 0 Å². The van der Waals surface area contributed by atoms with E-state index in [0.29, 0.717) is 6.42 Å². The van der Waals surface area contributed by atoms with Crippen LogP contribution < -0.4 is 0 Å². The van der Waals surface area contributed by atoms with Crippen molar-refractivity contribution in [2.75, 3.05) is 11.5 Å². The number of Topliss-reactive ketones (excluding diaryl/α,β-unsaturated/α-hetero) is 1. The predicted octanol–water partition coefficient (Wildman–Crippen LogP) is 1.32. The third-order valence-corrected chi connectivity index (χ3v) is 3.96. The SMILES string of the molecule is O=C1CCCCCCCS(=O)(=O)C1. The van der Waals surface area contributed by atoms with E-state index < -0.39 is 9.84 Å². The molecule has 0 atom stereocenters. The lowest BCUT2D eigenvalue weighted by Gasteiger charge is -2.07. The van der Waals surface area contributed by atoms with Gasteiger partial charge in [0.05, 0.1) is 5.75 Å². The van der Waals surface area contributed by atoms with E-state index in [9.17, 15) is 13.2 Å². The molecule has 1 rings (SSSR count). The molecule has 0 spiro atoms. The number of hydrogen-bond donors (Lipinski definition) is 0. The van der Waals surface area contributed by atoms with E-state index in [4.69, 9.17) is 0 Å². The highest BCUT2D eigenvalue weighted by Gasteiger charge is 2.16. The minimum atomic E-state index is -3.08. The van der Waals surface area contributed by atoms with Crippen LogP contribution in [-0.2, 0) is 14.6 Å². The Morgan fingerprint density at radius 3 is 2.31 bits per heavy atom. The molecule has 0 bridgehead atoms. The van der Waals surface area contributed by atoms with Crippen molar-refractivity contribution in [2.45, 2.75) is 38.5 Å². The van der Waals surface area contributed by atoms with Gasteiger partial charge in [0.2, 0.25) is 0 Å². The molecule has 0 unspecified atom stereocenters. The molecule has 0 N–H and O–H groups in total. The summed E-state index contributed by atoms with van der Waals surface area (Å²) < 4.78 is 22.6. The molecule has 1 heterocycles. The fourth-order valence-electron chi connectivity index (χ4n) is 1.56. The van der Waals surface area contributed by atoms with Crippen LogP contribution in [0.3, 0.4) is 0 Å². The molecule has 0 radical (unpaired) electrons. The molecule has 13 heavy (non-hydrogen) atoms. The van der Waals surface area contributed by atoms with Gasteiger partial charge in [-0.15, -0.1) is 0 Å². The lowest BCUT2D eigenvalue weighted by molar-refractivity contribution is -0.116. The van der Waals surface area contributed by atoms with Crippen molar-refractivity contribution < 1.29 is 13.2 Å². The normalized spacial score (nSPS) is 25.4. The molecule has 0 aromatic heterocycles. The maximum Gasteiger partial charge on any atom is 0.157 e. The first kappa shape index (κ1) is 10.7. The molecule has 3 nitrogen and oxygen atoms in total. The molecule has 1 fully saturated rings. The molecule has 0 aromatic rings. The van der Waals surface area contributed by atoms with Gasteiger partial charge in [0, 0.05) is 6.42 Å². The van der Waals surface area contributed by atoms with Crippen LogP contribution in [0, 0.1) is 0 Å². The Labute approximate surface area is 79.4 Å². The van der Waals surface area contributed by atoms with Crippen LogP contribution in [0.2, 0.25) is 0 Å². The monoisotopic (exact) mass is 204 g/mol. The summed E-state index contributed by atoms with van der Waals surface area (Å²) in [6.07, 6.45) is 5.12. The van der Waals surface area contributed by atoms with E-state index in [1.807, 2.05) is 0 Å². The van der Waals surface area contributed by atoms with Gasteiger partial charge in [-0.05, 0) is 12.8 Å². The second-order valence-corrected chi connectivity index (χ2v) is 5.83. The zero-order chi connectivity index (χ0) is 9.73. The van der Waals surface area contributed by atoms with Crippen molar-refractivity contribution in [3.8, 4) is 0 Å². The van der Waals surface area contributed by atoms with Crippen LogP contribution in [0.4, 0.5) is 0 Å². The van der Waals surface area contributed by atoms with Gasteiger partial charge in [0.15, 0.2) is 9.84 Å². The smallest absolute Gasteiger partial charge is 0.157 e. The summed E-state index contributed by atoms with van der Waals surface area (Å²) in [5.74, 6) is -0.145. The fraction of sp³-hybridized carbons (Fsp3) is 0.889. The van der Waals surface area contributed by atoms with Crippen molar-refractivity contribution in [3.63, 3.8) is 0 Å². The molecule has 76 valence electrons. The van der Waals surface area contributed by atoms with Crippen molar-refractivity contribution >= 4 is 15.6 Å². The van der Waals surface area contributed by atoms with Crippen LogP contribution in [-0.4, -0.2) is 25.7 Å². The second kappa shape index (κ2) is 4.74. The molecular weight excluding hydrogens is 188 g/mol. The average Bonchev–Trinajstić information content (AvgIpc) is 2.01. The number of carbonyl (C=O) groups is 1. The summed E-state index contributed by atoms with van der Waals surface area (Å²) in [4.78, 5) is 11.1. The molecule has 4 heteroatoms. The van der Waals surface area contributed by atoms with Crippen LogP contribution in [0.15, 0.2) is 0 Å². The highest BCUT2D eigenvalue weighted by molar-refractivity contribution is 7.92. The van der Waals surface area contributed by atoms with Gasteiger partial charge in [-0.25, -0.2) is 8.42 Å². The van der Waals surface area contributed by atoms with Crippen molar-refractivity contribution in [1.82, 2.24) is 0 Å². The standard InChI is InChI=1S/C9H16O3S/c10-9-6-4-2-1-3-5-7-13(11,12)8-9/h1-8H2. The summed E-state index contributed by atoms with van der Waals surface area (Å²) >= 11 is 0. The molecular formula is C9H16O3S. The summed E-state index contributed by atoms with van der Waals surface area (Å²) in [6, 6.07) is 0. The minimum Gasteiger partial charge on any atom is -0.299 e. The van der Waals surface area contributed by atoms with Crippen LogP contribution in [0.1, 0.15) is 38.5 Å². The van der Waals surface area contributed by atoms with E-state index in [1.54, 1.807) is 0 Å². The minimum absolute atomic E-state index is 0.109. The van der Waals surface area contributed by atoms with E-state index in [-0.39, 0.29) is 17.3 Å². The Bertz CT molecular complexity index is 267. The molecule has 0 saturated carbocycles. The van der Waals surface area contributed by atoms with Crippen LogP contribution in [0.5, 0.6) is 0 Å². The topological polar surface area (TPSA) is 51.2 Å². The highest BCUT2D eigenvalue weighted by Crippen LogP contribution is 2.10. The largest absolute Gasteiger partial charge is 0.299 e. The van der Waals surface area contributed by atoms with Crippen molar-refractivity contribution in [2.24, 2.45) is 0 Å². The number of ketones is 1. The summed E-state index contributed by atoms with van der Waals surface area (Å²) in [6.45, 7) is 0.